The fraction of sp³-hybridized carbons (Fsp3) is 0.750. The van der Waals surface area contributed by atoms with Crippen molar-refractivity contribution in [1.82, 2.24) is 0 Å². The van der Waals surface area contributed by atoms with Crippen LogP contribution < -0.4 is 0 Å². The summed E-state index contributed by atoms with van der Waals surface area (Å²) in [4.78, 5) is 37.8. The Kier molecular flexibility index (Phi) is 77.9. The molecule has 9 nitrogen and oxygen atoms in total. The van der Waals surface area contributed by atoms with E-state index in [4.69, 9.17) is 18.9 Å². The summed E-state index contributed by atoms with van der Waals surface area (Å²) in [6, 6.07) is 0. The van der Waals surface area contributed by atoms with Crippen LogP contribution in [0.3, 0.4) is 0 Å². The Morgan fingerprint density at radius 2 is 0.535 bits per heavy atom. The fourth-order valence-corrected chi connectivity index (χ4v) is 12.3. The number of carbonyl (C=O) groups excluding carboxylic acids is 2. The minimum absolute atomic E-state index is 0.180. The predicted octanol–water partition coefficient (Wildman–Crippen LogP) is 27.8. The Bertz CT molecular complexity index is 2090. The molecule has 0 aromatic carbocycles. The van der Waals surface area contributed by atoms with Gasteiger partial charge in [-0.05, 0) is 103 Å². The van der Waals surface area contributed by atoms with E-state index >= 15 is 0 Å². The quantitative estimate of drug-likeness (QED) is 0.0211. The molecule has 0 fully saturated rings. The number of hydrogen-bond acceptors (Lipinski definition) is 7. The fourth-order valence-electron chi connectivity index (χ4n) is 12.3. The van der Waals surface area contributed by atoms with Crippen molar-refractivity contribution in [3.8, 4) is 0 Å². The average Bonchev–Trinajstić information content (AvgIpc) is 1.21. The molecule has 0 aromatic heterocycles. The van der Waals surface area contributed by atoms with Gasteiger partial charge < -0.3 is 28.5 Å². The lowest BCUT2D eigenvalue weighted by Crippen LogP contribution is -2.40. The van der Waals surface area contributed by atoms with Crippen LogP contribution in [0.15, 0.2) is 122 Å². The van der Waals surface area contributed by atoms with Crippen LogP contribution in [0.25, 0.3) is 0 Å². The Labute approximate surface area is 625 Å². The van der Waals surface area contributed by atoms with E-state index in [1.807, 2.05) is 21.1 Å². The Hall–Kier alpha value is -4.31. The van der Waals surface area contributed by atoms with Gasteiger partial charge in [0.15, 0.2) is 6.10 Å². The van der Waals surface area contributed by atoms with Crippen LogP contribution in [-0.2, 0) is 33.3 Å². The van der Waals surface area contributed by atoms with Crippen molar-refractivity contribution >= 4 is 17.9 Å². The van der Waals surface area contributed by atoms with Crippen molar-refractivity contribution in [3.05, 3.63) is 122 Å². The highest BCUT2D eigenvalue weighted by atomic mass is 16.7. The zero-order chi connectivity index (χ0) is 73.2. The molecule has 0 aromatic rings. The minimum atomic E-state index is -1.51. The van der Waals surface area contributed by atoms with Crippen molar-refractivity contribution in [1.29, 1.82) is 0 Å². The SMILES string of the molecule is CC/C=C\C/C=C\C/C=C\C/C=C\C/C=C\CCCCCCCCCCCCCCCCCCCCCCCCCC(=O)OC(COC(=O)CCCCCCCCCCCCCCCCCCCCCCC/C=C\C/C=C\C/C=C\C/C=C\C/C=C\CC)COC(OCC[N+](C)(C)C)C(=O)O. The zero-order valence-corrected chi connectivity index (χ0v) is 66.8. The van der Waals surface area contributed by atoms with Crippen LogP contribution in [0.4, 0.5) is 0 Å². The molecule has 9 heteroatoms. The summed E-state index contributed by atoms with van der Waals surface area (Å²) in [5.74, 6) is -1.98. The molecule has 2 unspecified atom stereocenters. The number of aliphatic carboxylic acids is 1. The van der Waals surface area contributed by atoms with Crippen LogP contribution in [0.1, 0.15) is 386 Å². The highest BCUT2D eigenvalue weighted by Gasteiger charge is 2.25. The van der Waals surface area contributed by atoms with Crippen molar-refractivity contribution in [3.63, 3.8) is 0 Å². The van der Waals surface area contributed by atoms with E-state index in [-0.39, 0.29) is 38.2 Å². The molecular weight excluding hydrogens is 1250 g/mol. The van der Waals surface area contributed by atoms with Gasteiger partial charge in [0.05, 0.1) is 34.4 Å². The van der Waals surface area contributed by atoms with E-state index in [0.717, 1.165) is 103 Å². The van der Waals surface area contributed by atoms with Gasteiger partial charge >= 0.3 is 17.9 Å². The Morgan fingerprint density at radius 1 is 0.297 bits per heavy atom. The first-order chi connectivity index (χ1) is 49.6. The smallest absolute Gasteiger partial charge is 0.361 e. The lowest BCUT2D eigenvalue weighted by molar-refractivity contribution is -0.870. The molecule has 101 heavy (non-hydrogen) atoms. The van der Waals surface area contributed by atoms with E-state index in [0.29, 0.717) is 17.4 Å². The third-order valence-corrected chi connectivity index (χ3v) is 18.7. The summed E-state index contributed by atoms with van der Waals surface area (Å²) in [6.45, 7) is 4.70. The third-order valence-electron chi connectivity index (χ3n) is 18.7. The monoisotopic (exact) mass is 1410 g/mol. The van der Waals surface area contributed by atoms with Gasteiger partial charge in [0, 0.05) is 12.8 Å². The summed E-state index contributed by atoms with van der Waals surface area (Å²) in [7, 11) is 6.00. The van der Waals surface area contributed by atoms with Crippen LogP contribution >= 0.6 is 0 Å². The highest BCUT2D eigenvalue weighted by molar-refractivity contribution is 5.71. The van der Waals surface area contributed by atoms with Gasteiger partial charge in [0.25, 0.3) is 6.29 Å². The molecule has 0 aliphatic heterocycles. The number of quaternary nitrogens is 1. The number of ether oxygens (including phenoxy) is 4. The molecular formula is C92H162NO8+. The lowest BCUT2D eigenvalue weighted by atomic mass is 10.0. The molecule has 0 bridgehead atoms. The first-order valence-corrected chi connectivity index (χ1v) is 42.7. The standard InChI is InChI=1S/C92H161NO8/c1-6-8-10-12-14-16-18-20-22-24-26-28-30-32-34-36-38-40-42-44-45-47-49-51-53-55-57-59-61-63-65-67-69-71-73-75-77-79-81-83-90(95)101-88(87-100-92(91(96)97)98-85-84-93(3,4)5)86-99-89(94)82-80-78-76-74-72-70-68-66-64-62-60-58-56-54-52-50-48-46-43-41-39-37-35-33-31-29-27-25-23-21-19-17-15-13-11-9-7-2/h8-11,14-17,20-23,26-29,32-35,88,92H,6-7,12-13,18-19,24-25,30-31,36-87H2,1-5H3/p+1/b10-8-,11-9-,16-14-,17-15-,22-20-,23-21-,28-26-,29-27-,34-32-,35-33-. The van der Waals surface area contributed by atoms with E-state index in [2.05, 4.69) is 135 Å². The molecule has 0 aliphatic rings. The van der Waals surface area contributed by atoms with Crippen molar-refractivity contribution in [2.45, 2.75) is 399 Å². The maximum Gasteiger partial charge on any atom is 0.361 e. The molecule has 0 saturated carbocycles. The highest BCUT2D eigenvalue weighted by Crippen LogP contribution is 2.20. The molecule has 0 rings (SSSR count). The molecule has 0 aliphatic carbocycles. The molecule has 1 N–H and O–H groups in total. The molecule has 2 atom stereocenters. The number of carboxylic acids is 1. The van der Waals surface area contributed by atoms with Crippen LogP contribution in [0, 0.1) is 0 Å². The second-order valence-corrected chi connectivity index (χ2v) is 29.7. The summed E-state index contributed by atoms with van der Waals surface area (Å²) >= 11 is 0. The van der Waals surface area contributed by atoms with Gasteiger partial charge in [0.1, 0.15) is 13.2 Å². The van der Waals surface area contributed by atoms with Crippen LogP contribution in [0.2, 0.25) is 0 Å². The first-order valence-electron chi connectivity index (χ1n) is 42.7. The maximum atomic E-state index is 13.0. The van der Waals surface area contributed by atoms with Gasteiger partial charge in [-0.25, -0.2) is 4.79 Å². The minimum Gasteiger partial charge on any atom is -0.477 e. The predicted molar refractivity (Wildman–Crippen MR) is 438 cm³/mol. The molecule has 0 radical (unpaired) electrons. The molecule has 0 amide bonds. The van der Waals surface area contributed by atoms with E-state index in [1.54, 1.807) is 0 Å². The normalized spacial score (nSPS) is 13.2. The van der Waals surface area contributed by atoms with E-state index < -0.39 is 18.4 Å². The molecule has 0 heterocycles. The number of allylic oxidation sites excluding steroid dienone is 20. The summed E-state index contributed by atoms with van der Waals surface area (Å²) in [5, 5.41) is 9.79. The summed E-state index contributed by atoms with van der Waals surface area (Å²) in [6.07, 6.45) is 114. The molecule has 0 spiro atoms. The largest absolute Gasteiger partial charge is 0.477 e. The average molecular weight is 1410 g/mol. The number of nitrogens with zero attached hydrogens (tertiary/aromatic N) is 1. The lowest BCUT2D eigenvalue weighted by Gasteiger charge is -2.25. The molecule has 582 valence electrons. The number of carboxylic acid groups (broad SMARTS) is 1. The van der Waals surface area contributed by atoms with Crippen LogP contribution in [0.5, 0.6) is 0 Å². The second kappa shape index (κ2) is 81.4. The number of unbranched alkanes of at least 4 members (excludes halogenated alkanes) is 44. The topological polar surface area (TPSA) is 108 Å². The van der Waals surface area contributed by atoms with Crippen molar-refractivity contribution in [2.24, 2.45) is 0 Å². The van der Waals surface area contributed by atoms with Gasteiger partial charge in [-0.2, -0.15) is 0 Å². The first kappa shape index (κ1) is 96.7. The zero-order valence-electron chi connectivity index (χ0n) is 66.8. The number of esters is 2. The number of carbonyl (C=O) groups is 3. The maximum absolute atomic E-state index is 13.0. The summed E-state index contributed by atoms with van der Waals surface area (Å²) < 4.78 is 23.1. The Morgan fingerprint density at radius 3 is 0.792 bits per heavy atom. The van der Waals surface area contributed by atoms with Gasteiger partial charge in [-0.1, -0.05) is 392 Å². The van der Waals surface area contributed by atoms with Crippen LogP contribution in [-0.4, -0.2) is 87.4 Å². The van der Waals surface area contributed by atoms with Crippen molar-refractivity contribution in [2.75, 3.05) is 47.5 Å². The van der Waals surface area contributed by atoms with Gasteiger partial charge in [-0.15, -0.1) is 0 Å². The molecule has 0 saturated heterocycles. The van der Waals surface area contributed by atoms with E-state index in [9.17, 15) is 19.5 Å². The summed E-state index contributed by atoms with van der Waals surface area (Å²) in [5.41, 5.74) is 0. The van der Waals surface area contributed by atoms with Gasteiger partial charge in [0.2, 0.25) is 0 Å². The van der Waals surface area contributed by atoms with Crippen molar-refractivity contribution < 1.29 is 42.9 Å². The van der Waals surface area contributed by atoms with Gasteiger partial charge in [-0.3, -0.25) is 9.59 Å². The number of likely N-dealkylation sites (N-methyl/N-ethyl adjacent to an activating group) is 1. The second-order valence-electron chi connectivity index (χ2n) is 29.7. The number of hydrogen-bond donors (Lipinski definition) is 1. The third kappa shape index (κ3) is 82.8. The Balaban J connectivity index is 3.95. The van der Waals surface area contributed by atoms with E-state index in [1.165, 1.54) is 257 Å². The number of rotatable bonds is 79.